The molecule has 0 aliphatic carbocycles. The molecular formula is C13H8F4O. The second-order valence-electron chi connectivity index (χ2n) is 3.71. The van der Waals surface area contributed by atoms with Crippen molar-refractivity contribution in [1.82, 2.24) is 0 Å². The molecule has 0 atom stereocenters. The van der Waals surface area contributed by atoms with Gasteiger partial charge in [-0.3, -0.25) is 0 Å². The molecule has 1 N–H and O–H groups in total. The minimum absolute atomic E-state index is 0.0971. The third-order valence-electron chi connectivity index (χ3n) is 2.54. The number of hydrogen-bond acceptors (Lipinski definition) is 1. The van der Waals surface area contributed by atoms with Crippen molar-refractivity contribution in [3.63, 3.8) is 0 Å². The minimum atomic E-state index is -1.30. The van der Waals surface area contributed by atoms with Gasteiger partial charge in [0.2, 0.25) is 0 Å². The maximum absolute atomic E-state index is 13.6. The van der Waals surface area contributed by atoms with E-state index < -0.39 is 29.9 Å². The van der Waals surface area contributed by atoms with E-state index in [0.29, 0.717) is 12.1 Å². The lowest BCUT2D eigenvalue weighted by Gasteiger charge is -2.09. The van der Waals surface area contributed by atoms with Crippen LogP contribution in [0.5, 0.6) is 0 Å². The van der Waals surface area contributed by atoms with Crippen molar-refractivity contribution < 1.29 is 22.7 Å². The highest BCUT2D eigenvalue weighted by Gasteiger charge is 2.14. The lowest BCUT2D eigenvalue weighted by atomic mass is 9.99. The largest absolute Gasteiger partial charge is 0.392 e. The number of aliphatic hydroxyl groups excluding tert-OH is 1. The Hall–Kier alpha value is -1.88. The van der Waals surface area contributed by atoms with E-state index in [4.69, 9.17) is 5.11 Å². The van der Waals surface area contributed by atoms with Gasteiger partial charge in [-0.05, 0) is 29.3 Å². The molecule has 94 valence electrons. The summed E-state index contributed by atoms with van der Waals surface area (Å²) < 4.78 is 52.4. The fourth-order valence-corrected chi connectivity index (χ4v) is 1.68. The molecule has 2 rings (SSSR count). The van der Waals surface area contributed by atoms with Gasteiger partial charge < -0.3 is 5.11 Å². The fraction of sp³-hybridized carbons (Fsp3) is 0.0769. The van der Waals surface area contributed by atoms with Gasteiger partial charge in [0.15, 0.2) is 11.6 Å². The van der Waals surface area contributed by atoms with E-state index in [0.717, 1.165) is 12.1 Å². The second-order valence-corrected chi connectivity index (χ2v) is 3.71. The van der Waals surface area contributed by atoms with E-state index >= 15 is 0 Å². The summed E-state index contributed by atoms with van der Waals surface area (Å²) in [5, 5.41) is 9.06. The molecule has 2 aromatic carbocycles. The van der Waals surface area contributed by atoms with Gasteiger partial charge >= 0.3 is 0 Å². The molecule has 0 radical (unpaired) electrons. The van der Waals surface area contributed by atoms with E-state index in [1.165, 1.54) is 6.07 Å². The van der Waals surface area contributed by atoms with Crippen LogP contribution in [0, 0.1) is 23.3 Å². The SMILES string of the molecule is OCc1cc(F)ccc1-c1cc(F)c(F)cc1F. The Morgan fingerprint density at radius 3 is 2.11 bits per heavy atom. The Bertz CT molecular complexity index is 596. The summed E-state index contributed by atoms with van der Waals surface area (Å²) in [7, 11) is 0. The molecule has 0 amide bonds. The van der Waals surface area contributed by atoms with Gasteiger partial charge in [0.25, 0.3) is 0 Å². The summed E-state index contributed by atoms with van der Waals surface area (Å²) in [6.45, 7) is -0.536. The smallest absolute Gasteiger partial charge is 0.161 e. The van der Waals surface area contributed by atoms with Crippen molar-refractivity contribution >= 4 is 0 Å². The van der Waals surface area contributed by atoms with Crippen LogP contribution in [0.1, 0.15) is 5.56 Å². The summed E-state index contributed by atoms with van der Waals surface area (Å²) in [4.78, 5) is 0. The Morgan fingerprint density at radius 2 is 1.44 bits per heavy atom. The van der Waals surface area contributed by atoms with Gasteiger partial charge in [-0.1, -0.05) is 6.07 Å². The van der Waals surface area contributed by atoms with Crippen LogP contribution in [0.4, 0.5) is 17.6 Å². The van der Waals surface area contributed by atoms with Crippen molar-refractivity contribution in [1.29, 1.82) is 0 Å². The van der Waals surface area contributed by atoms with E-state index in [1.807, 2.05) is 0 Å². The third-order valence-corrected chi connectivity index (χ3v) is 2.54. The quantitative estimate of drug-likeness (QED) is 0.645. The Kier molecular flexibility index (Phi) is 3.34. The van der Waals surface area contributed by atoms with Crippen LogP contribution in [0.25, 0.3) is 11.1 Å². The molecule has 0 saturated carbocycles. The summed E-state index contributed by atoms with van der Waals surface area (Å²) in [6, 6.07) is 4.36. The van der Waals surface area contributed by atoms with Gasteiger partial charge in [0.05, 0.1) is 6.61 Å². The molecule has 0 bridgehead atoms. The van der Waals surface area contributed by atoms with Crippen LogP contribution in [-0.4, -0.2) is 5.11 Å². The number of halogens is 4. The third kappa shape index (κ3) is 2.22. The van der Waals surface area contributed by atoms with Crippen LogP contribution in [0.3, 0.4) is 0 Å². The van der Waals surface area contributed by atoms with E-state index in [1.54, 1.807) is 0 Å². The van der Waals surface area contributed by atoms with Gasteiger partial charge in [0, 0.05) is 11.6 Å². The first kappa shape index (κ1) is 12.6. The molecule has 0 spiro atoms. The van der Waals surface area contributed by atoms with Crippen molar-refractivity contribution in [3.05, 3.63) is 59.2 Å². The zero-order valence-electron chi connectivity index (χ0n) is 9.05. The number of hydrogen-bond donors (Lipinski definition) is 1. The zero-order valence-corrected chi connectivity index (χ0v) is 9.05. The van der Waals surface area contributed by atoms with Crippen LogP contribution < -0.4 is 0 Å². The maximum Gasteiger partial charge on any atom is 0.161 e. The molecule has 0 aliphatic rings. The van der Waals surface area contributed by atoms with Crippen molar-refractivity contribution in [2.45, 2.75) is 6.61 Å². The lowest BCUT2D eigenvalue weighted by Crippen LogP contribution is -1.96. The lowest BCUT2D eigenvalue weighted by molar-refractivity contribution is 0.281. The molecule has 0 aliphatic heterocycles. The van der Waals surface area contributed by atoms with Crippen LogP contribution in [0.2, 0.25) is 0 Å². The topological polar surface area (TPSA) is 20.2 Å². The first-order valence-corrected chi connectivity index (χ1v) is 5.07. The summed E-state index contributed by atoms with van der Waals surface area (Å²) in [5.41, 5.74) is -0.00634. The highest BCUT2D eigenvalue weighted by Crippen LogP contribution is 2.28. The normalized spacial score (nSPS) is 10.7. The fourth-order valence-electron chi connectivity index (χ4n) is 1.68. The summed E-state index contributed by atoms with van der Waals surface area (Å²) in [5.74, 6) is -4.09. The monoisotopic (exact) mass is 256 g/mol. The standard InChI is InChI=1S/C13H8F4O/c14-8-1-2-9(7(3-8)6-18)10-4-12(16)13(17)5-11(10)15/h1-5,18H,6H2. The molecule has 1 nitrogen and oxygen atoms in total. The van der Waals surface area contributed by atoms with Crippen molar-refractivity contribution in [3.8, 4) is 11.1 Å². The Labute approximate surface area is 100 Å². The predicted molar refractivity (Wildman–Crippen MR) is 57.6 cm³/mol. The first-order valence-electron chi connectivity index (χ1n) is 5.07. The van der Waals surface area contributed by atoms with Gasteiger partial charge in [-0.2, -0.15) is 0 Å². The summed E-state index contributed by atoms with van der Waals surface area (Å²) >= 11 is 0. The highest BCUT2D eigenvalue weighted by atomic mass is 19.2. The summed E-state index contributed by atoms with van der Waals surface area (Å²) in [6.07, 6.45) is 0. The highest BCUT2D eigenvalue weighted by molar-refractivity contribution is 5.68. The predicted octanol–water partition coefficient (Wildman–Crippen LogP) is 3.40. The molecule has 2 aromatic rings. The van der Waals surface area contributed by atoms with Gasteiger partial charge in [-0.15, -0.1) is 0 Å². The average Bonchev–Trinajstić information content (AvgIpc) is 2.34. The van der Waals surface area contributed by atoms with Crippen LogP contribution in [0.15, 0.2) is 30.3 Å². The molecule has 0 fully saturated rings. The van der Waals surface area contributed by atoms with Crippen molar-refractivity contribution in [2.75, 3.05) is 0 Å². The molecule has 0 unspecified atom stereocenters. The van der Waals surface area contributed by atoms with Gasteiger partial charge in [0.1, 0.15) is 11.6 Å². The Morgan fingerprint density at radius 1 is 0.778 bits per heavy atom. The number of rotatable bonds is 2. The molecule has 0 aromatic heterocycles. The molecule has 0 saturated heterocycles. The average molecular weight is 256 g/mol. The zero-order chi connectivity index (χ0) is 13.3. The van der Waals surface area contributed by atoms with Crippen molar-refractivity contribution in [2.24, 2.45) is 0 Å². The second kappa shape index (κ2) is 4.78. The molecule has 5 heteroatoms. The molecular weight excluding hydrogens is 248 g/mol. The molecule has 0 heterocycles. The van der Waals surface area contributed by atoms with Crippen LogP contribution >= 0.6 is 0 Å². The first-order chi connectivity index (χ1) is 8.52. The Balaban J connectivity index is 2.65. The van der Waals surface area contributed by atoms with Crippen LogP contribution in [-0.2, 0) is 6.61 Å². The van der Waals surface area contributed by atoms with E-state index in [2.05, 4.69) is 0 Å². The van der Waals surface area contributed by atoms with Gasteiger partial charge in [-0.25, -0.2) is 17.6 Å². The van der Waals surface area contributed by atoms with E-state index in [9.17, 15) is 17.6 Å². The number of aliphatic hydroxyl groups is 1. The maximum atomic E-state index is 13.6. The van der Waals surface area contributed by atoms with E-state index in [-0.39, 0.29) is 16.7 Å². The molecule has 18 heavy (non-hydrogen) atoms. The minimum Gasteiger partial charge on any atom is -0.392 e. The number of benzene rings is 2.